The van der Waals surface area contributed by atoms with Crippen molar-refractivity contribution in [2.24, 2.45) is 0 Å². The predicted molar refractivity (Wildman–Crippen MR) is 62.8 cm³/mol. The molecular weight excluding hydrogens is 264 g/mol. The predicted octanol–water partition coefficient (Wildman–Crippen LogP) is 3.03. The number of nitrogens with one attached hydrogen (secondary N) is 1. The van der Waals surface area contributed by atoms with Crippen molar-refractivity contribution in [3.63, 3.8) is 0 Å². The normalized spacial score (nSPS) is 13.6. The second-order valence-corrected chi connectivity index (χ2v) is 4.03. The first-order chi connectivity index (χ1) is 8.88. The first-order valence-corrected chi connectivity index (χ1v) is 5.85. The molecule has 1 aromatic heterocycles. The van der Waals surface area contributed by atoms with Gasteiger partial charge in [-0.2, -0.15) is 8.78 Å². The van der Waals surface area contributed by atoms with Crippen molar-refractivity contribution < 1.29 is 22.3 Å². The Labute approximate surface area is 109 Å². The molecule has 0 saturated heterocycles. The highest BCUT2D eigenvalue weighted by molar-refractivity contribution is 5.28. The number of hydrogen-bond acceptors (Lipinski definition) is 3. The van der Waals surface area contributed by atoms with Crippen LogP contribution < -0.4 is 10.1 Å². The SMILES string of the molecule is CCNC(C)c1cccnc1OCC(F)(F)C(F)F. The molecule has 7 heteroatoms. The highest BCUT2D eigenvalue weighted by atomic mass is 19.3. The van der Waals surface area contributed by atoms with E-state index in [9.17, 15) is 17.6 Å². The molecule has 1 N–H and O–H groups in total. The summed E-state index contributed by atoms with van der Waals surface area (Å²) >= 11 is 0. The Morgan fingerprint density at radius 3 is 2.68 bits per heavy atom. The average Bonchev–Trinajstić information content (AvgIpc) is 2.37. The quantitative estimate of drug-likeness (QED) is 0.780. The maximum absolute atomic E-state index is 12.8. The Morgan fingerprint density at radius 2 is 2.11 bits per heavy atom. The number of pyridine rings is 1. The summed E-state index contributed by atoms with van der Waals surface area (Å²) in [5, 5.41) is 3.07. The van der Waals surface area contributed by atoms with Crippen LogP contribution in [-0.4, -0.2) is 30.5 Å². The van der Waals surface area contributed by atoms with Gasteiger partial charge in [0, 0.05) is 17.8 Å². The zero-order valence-corrected chi connectivity index (χ0v) is 10.7. The number of aromatic nitrogens is 1. The lowest BCUT2D eigenvalue weighted by Gasteiger charge is -2.19. The fourth-order valence-corrected chi connectivity index (χ4v) is 1.50. The molecule has 3 nitrogen and oxygen atoms in total. The van der Waals surface area contributed by atoms with Gasteiger partial charge in [0.05, 0.1) is 0 Å². The monoisotopic (exact) mass is 280 g/mol. The molecule has 1 atom stereocenters. The summed E-state index contributed by atoms with van der Waals surface area (Å²) in [7, 11) is 0. The lowest BCUT2D eigenvalue weighted by Crippen LogP contribution is -2.34. The van der Waals surface area contributed by atoms with E-state index in [-0.39, 0.29) is 11.9 Å². The summed E-state index contributed by atoms with van der Waals surface area (Å²) in [6, 6.07) is 3.10. The van der Waals surface area contributed by atoms with Crippen molar-refractivity contribution in [1.82, 2.24) is 10.3 Å². The van der Waals surface area contributed by atoms with Crippen LogP contribution in [0.15, 0.2) is 18.3 Å². The van der Waals surface area contributed by atoms with Crippen molar-refractivity contribution in [1.29, 1.82) is 0 Å². The van der Waals surface area contributed by atoms with Gasteiger partial charge < -0.3 is 10.1 Å². The molecule has 0 saturated carbocycles. The van der Waals surface area contributed by atoms with Crippen LogP contribution in [0.4, 0.5) is 17.6 Å². The fraction of sp³-hybridized carbons (Fsp3) is 0.583. The summed E-state index contributed by atoms with van der Waals surface area (Å²) in [6.07, 6.45) is -2.40. The van der Waals surface area contributed by atoms with E-state index in [2.05, 4.69) is 10.3 Å². The van der Waals surface area contributed by atoms with E-state index in [4.69, 9.17) is 4.74 Å². The minimum absolute atomic E-state index is 0.0590. The van der Waals surface area contributed by atoms with Gasteiger partial charge in [0.1, 0.15) is 0 Å². The number of rotatable bonds is 7. The van der Waals surface area contributed by atoms with Crippen LogP contribution in [0.25, 0.3) is 0 Å². The van der Waals surface area contributed by atoms with E-state index in [0.29, 0.717) is 12.1 Å². The van der Waals surface area contributed by atoms with E-state index in [1.807, 2.05) is 6.92 Å². The number of alkyl halides is 4. The van der Waals surface area contributed by atoms with E-state index >= 15 is 0 Å². The first kappa shape index (κ1) is 15.7. The molecule has 1 unspecified atom stereocenters. The molecule has 0 bridgehead atoms. The van der Waals surface area contributed by atoms with Gasteiger partial charge in [-0.25, -0.2) is 13.8 Å². The minimum Gasteiger partial charge on any atom is -0.471 e. The first-order valence-electron chi connectivity index (χ1n) is 5.85. The molecule has 0 radical (unpaired) electrons. The number of nitrogens with zero attached hydrogens (tertiary/aromatic N) is 1. The van der Waals surface area contributed by atoms with Gasteiger partial charge in [-0.3, -0.25) is 0 Å². The molecular formula is C12H16F4N2O. The van der Waals surface area contributed by atoms with Gasteiger partial charge in [-0.15, -0.1) is 0 Å². The lowest BCUT2D eigenvalue weighted by atomic mass is 10.1. The molecule has 0 amide bonds. The third-order valence-corrected chi connectivity index (χ3v) is 2.50. The molecule has 0 aliphatic heterocycles. The number of hydrogen-bond donors (Lipinski definition) is 1. The molecule has 0 fully saturated rings. The Hall–Kier alpha value is -1.37. The molecule has 0 aliphatic rings. The highest BCUT2D eigenvalue weighted by Crippen LogP contribution is 2.27. The Morgan fingerprint density at radius 1 is 1.42 bits per heavy atom. The number of ether oxygens (including phenoxy) is 1. The molecule has 108 valence electrons. The lowest BCUT2D eigenvalue weighted by molar-refractivity contribution is -0.148. The number of halogens is 4. The molecule has 0 aromatic carbocycles. The van der Waals surface area contributed by atoms with Crippen LogP contribution in [0, 0.1) is 0 Å². The minimum atomic E-state index is -4.18. The largest absolute Gasteiger partial charge is 0.471 e. The van der Waals surface area contributed by atoms with Crippen molar-refractivity contribution >= 4 is 0 Å². The van der Waals surface area contributed by atoms with E-state index in [1.165, 1.54) is 6.20 Å². The molecule has 1 heterocycles. The summed E-state index contributed by atoms with van der Waals surface area (Å²) < 4.78 is 54.4. The maximum Gasteiger partial charge on any atom is 0.340 e. The smallest absolute Gasteiger partial charge is 0.340 e. The topological polar surface area (TPSA) is 34.2 Å². The van der Waals surface area contributed by atoms with Gasteiger partial charge in [0.25, 0.3) is 0 Å². The third kappa shape index (κ3) is 4.34. The molecule has 1 rings (SSSR count). The van der Waals surface area contributed by atoms with E-state index in [1.54, 1.807) is 19.1 Å². The van der Waals surface area contributed by atoms with Gasteiger partial charge in [-0.05, 0) is 19.5 Å². The van der Waals surface area contributed by atoms with Crippen LogP contribution >= 0.6 is 0 Å². The average molecular weight is 280 g/mol. The summed E-state index contributed by atoms with van der Waals surface area (Å²) in [5.74, 6) is -4.24. The van der Waals surface area contributed by atoms with Crippen molar-refractivity contribution in [2.75, 3.05) is 13.2 Å². The van der Waals surface area contributed by atoms with Crippen LogP contribution in [-0.2, 0) is 0 Å². The van der Waals surface area contributed by atoms with Gasteiger partial charge in [0.2, 0.25) is 5.88 Å². The molecule has 0 aliphatic carbocycles. The van der Waals surface area contributed by atoms with Crippen LogP contribution in [0.5, 0.6) is 5.88 Å². The van der Waals surface area contributed by atoms with Crippen LogP contribution in [0.3, 0.4) is 0 Å². The molecule has 1 aromatic rings. The Bertz CT molecular complexity index is 401. The second-order valence-electron chi connectivity index (χ2n) is 4.03. The summed E-state index contributed by atoms with van der Waals surface area (Å²) in [6.45, 7) is 2.97. The van der Waals surface area contributed by atoms with E-state index in [0.717, 1.165) is 0 Å². The Kier molecular flexibility index (Phi) is 5.53. The summed E-state index contributed by atoms with van der Waals surface area (Å²) in [5.41, 5.74) is 0.550. The third-order valence-electron chi connectivity index (χ3n) is 2.50. The second kappa shape index (κ2) is 6.70. The van der Waals surface area contributed by atoms with Gasteiger partial charge in [-0.1, -0.05) is 13.0 Å². The Balaban J connectivity index is 2.78. The van der Waals surface area contributed by atoms with Crippen molar-refractivity contribution in [2.45, 2.75) is 32.2 Å². The van der Waals surface area contributed by atoms with Crippen LogP contribution in [0.2, 0.25) is 0 Å². The molecule has 19 heavy (non-hydrogen) atoms. The zero-order chi connectivity index (χ0) is 14.5. The van der Waals surface area contributed by atoms with E-state index < -0.39 is 19.0 Å². The van der Waals surface area contributed by atoms with Gasteiger partial charge in [0.15, 0.2) is 6.61 Å². The van der Waals surface area contributed by atoms with Crippen LogP contribution in [0.1, 0.15) is 25.5 Å². The van der Waals surface area contributed by atoms with Crippen molar-refractivity contribution in [3.05, 3.63) is 23.9 Å². The molecule has 0 spiro atoms. The summed E-state index contributed by atoms with van der Waals surface area (Å²) in [4.78, 5) is 3.80. The standard InChI is InChI=1S/C12H16F4N2O/c1-3-17-8(2)9-5-4-6-18-10(9)19-7-12(15,16)11(13)14/h4-6,8,11,17H,3,7H2,1-2H3. The zero-order valence-electron chi connectivity index (χ0n) is 10.7. The van der Waals surface area contributed by atoms with Gasteiger partial charge >= 0.3 is 12.3 Å². The van der Waals surface area contributed by atoms with Crippen molar-refractivity contribution in [3.8, 4) is 5.88 Å². The highest BCUT2D eigenvalue weighted by Gasteiger charge is 2.42. The maximum atomic E-state index is 12.8. The fourth-order valence-electron chi connectivity index (χ4n) is 1.50.